The van der Waals surface area contributed by atoms with Crippen molar-refractivity contribution in [2.45, 2.75) is 51.9 Å². The molecule has 9 nitrogen and oxygen atoms in total. The molecule has 1 saturated heterocycles. The predicted molar refractivity (Wildman–Crippen MR) is 106 cm³/mol. The Morgan fingerprint density at radius 3 is 2.68 bits per heavy atom. The molecule has 0 aromatic carbocycles. The van der Waals surface area contributed by atoms with E-state index in [0.717, 1.165) is 10.7 Å². The topological polar surface area (TPSA) is 101 Å². The lowest BCUT2D eigenvalue weighted by Gasteiger charge is -2.32. The van der Waals surface area contributed by atoms with Gasteiger partial charge in [0, 0.05) is 33.4 Å². The molecule has 0 spiro atoms. The Hall–Kier alpha value is -1.91. The Kier molecular flexibility index (Phi) is 8.02. The summed E-state index contributed by atoms with van der Waals surface area (Å²) < 4.78 is 39.0. The summed E-state index contributed by atoms with van der Waals surface area (Å²) in [5, 5.41) is 0. The highest BCUT2D eigenvalue weighted by Crippen LogP contribution is 2.20. The summed E-state index contributed by atoms with van der Waals surface area (Å²) in [5.41, 5.74) is 0.914. The molecule has 28 heavy (non-hydrogen) atoms. The molecule has 1 unspecified atom stereocenters. The number of carbonyl (C=O) groups is 1. The molecule has 2 heterocycles. The first-order valence-electron chi connectivity index (χ1n) is 9.44. The normalized spacial score (nSPS) is 16.8. The molecular formula is C18H30N4O5S. The number of carbonyl (C=O) groups excluding carboxylic acids is 1. The van der Waals surface area contributed by atoms with E-state index in [-0.39, 0.29) is 24.9 Å². The van der Waals surface area contributed by atoms with Crippen LogP contribution in [0.1, 0.15) is 38.8 Å². The molecule has 1 fully saturated rings. The van der Waals surface area contributed by atoms with Gasteiger partial charge in [-0.3, -0.25) is 9.71 Å². The summed E-state index contributed by atoms with van der Waals surface area (Å²) in [4.78, 5) is 18.0. The average molecular weight is 415 g/mol. The second kappa shape index (κ2) is 10.0. The molecule has 0 radical (unpaired) electrons. The fraction of sp³-hybridized carbons (Fsp3) is 0.667. The van der Waals surface area contributed by atoms with E-state index in [2.05, 4.69) is 9.71 Å². The van der Waals surface area contributed by atoms with Gasteiger partial charge in [0.15, 0.2) is 0 Å². The Bertz CT molecular complexity index is 748. The van der Waals surface area contributed by atoms with Gasteiger partial charge in [0.25, 0.3) is 0 Å². The SMILES string of the molecule is CCC(C)OC(=O)N1CCC(OCc2ncccc2NS(=O)(=O)N(C)C)CC1. The van der Waals surface area contributed by atoms with Gasteiger partial charge in [-0.15, -0.1) is 0 Å². The molecule has 0 saturated carbocycles. The lowest BCUT2D eigenvalue weighted by atomic mass is 10.1. The van der Waals surface area contributed by atoms with Crippen molar-refractivity contribution in [3.8, 4) is 0 Å². The van der Waals surface area contributed by atoms with Crippen LogP contribution in [-0.4, -0.2) is 68.1 Å². The van der Waals surface area contributed by atoms with Crippen LogP contribution in [0.2, 0.25) is 0 Å². The van der Waals surface area contributed by atoms with Gasteiger partial charge in [-0.25, -0.2) is 4.79 Å². The number of amides is 1. The van der Waals surface area contributed by atoms with Crippen LogP contribution in [0.4, 0.5) is 10.5 Å². The molecule has 0 bridgehead atoms. The molecule has 1 atom stereocenters. The third-order valence-electron chi connectivity index (χ3n) is 4.64. The fourth-order valence-corrected chi connectivity index (χ4v) is 3.25. The molecule has 158 valence electrons. The first-order valence-corrected chi connectivity index (χ1v) is 10.9. The predicted octanol–water partition coefficient (Wildman–Crippen LogP) is 2.22. The van der Waals surface area contributed by atoms with Crippen molar-refractivity contribution in [1.82, 2.24) is 14.2 Å². The summed E-state index contributed by atoms with van der Waals surface area (Å²) >= 11 is 0. The molecule has 1 aliphatic rings. The zero-order valence-corrected chi connectivity index (χ0v) is 17.7. The third kappa shape index (κ3) is 6.32. The first kappa shape index (κ1) is 22.4. The van der Waals surface area contributed by atoms with Crippen molar-refractivity contribution in [3.63, 3.8) is 0 Å². The summed E-state index contributed by atoms with van der Waals surface area (Å²) in [5.74, 6) is 0. The highest BCUT2D eigenvalue weighted by molar-refractivity contribution is 7.90. The second-order valence-electron chi connectivity index (χ2n) is 6.99. The maximum Gasteiger partial charge on any atom is 0.410 e. The summed E-state index contributed by atoms with van der Waals surface area (Å²) in [7, 11) is -0.710. The minimum Gasteiger partial charge on any atom is -0.446 e. The third-order valence-corrected chi connectivity index (χ3v) is 6.08. The van der Waals surface area contributed by atoms with Crippen molar-refractivity contribution in [1.29, 1.82) is 0 Å². The Morgan fingerprint density at radius 2 is 2.07 bits per heavy atom. The number of piperidine rings is 1. The van der Waals surface area contributed by atoms with E-state index in [1.54, 1.807) is 23.2 Å². The maximum absolute atomic E-state index is 12.1. The summed E-state index contributed by atoms with van der Waals surface area (Å²) in [6.07, 6.45) is 3.39. The minimum absolute atomic E-state index is 0.0204. The van der Waals surface area contributed by atoms with Gasteiger partial charge in [-0.1, -0.05) is 6.92 Å². The van der Waals surface area contributed by atoms with Crippen LogP contribution in [0.15, 0.2) is 18.3 Å². The number of rotatable bonds is 8. The van der Waals surface area contributed by atoms with Crippen LogP contribution in [0.25, 0.3) is 0 Å². The number of anilines is 1. The molecule has 1 N–H and O–H groups in total. The van der Waals surface area contributed by atoms with Crippen LogP contribution in [-0.2, 0) is 26.3 Å². The molecule has 1 amide bonds. The molecule has 0 aliphatic carbocycles. The average Bonchev–Trinajstić information content (AvgIpc) is 2.67. The highest BCUT2D eigenvalue weighted by Gasteiger charge is 2.25. The minimum atomic E-state index is -3.62. The molecule has 10 heteroatoms. The fourth-order valence-electron chi connectivity index (χ4n) is 2.61. The van der Waals surface area contributed by atoms with E-state index in [9.17, 15) is 13.2 Å². The van der Waals surface area contributed by atoms with Gasteiger partial charge in [-0.2, -0.15) is 12.7 Å². The van der Waals surface area contributed by atoms with Crippen LogP contribution >= 0.6 is 0 Å². The van der Waals surface area contributed by atoms with Gasteiger partial charge in [0.2, 0.25) is 0 Å². The first-order chi connectivity index (χ1) is 13.2. The van der Waals surface area contributed by atoms with Crippen molar-refractivity contribution < 1.29 is 22.7 Å². The van der Waals surface area contributed by atoms with Crippen LogP contribution in [0.5, 0.6) is 0 Å². The largest absolute Gasteiger partial charge is 0.446 e. The maximum atomic E-state index is 12.1. The van der Waals surface area contributed by atoms with Gasteiger partial charge in [-0.05, 0) is 38.3 Å². The molecule has 1 aliphatic heterocycles. The van der Waals surface area contributed by atoms with Gasteiger partial charge >= 0.3 is 16.3 Å². The number of nitrogens with zero attached hydrogens (tertiary/aromatic N) is 3. The Morgan fingerprint density at radius 1 is 1.39 bits per heavy atom. The Balaban J connectivity index is 1.87. The number of aromatic nitrogens is 1. The Labute approximate surface area is 167 Å². The number of hydrogen-bond donors (Lipinski definition) is 1. The number of likely N-dealkylation sites (tertiary alicyclic amines) is 1. The number of ether oxygens (including phenoxy) is 2. The van der Waals surface area contributed by atoms with Gasteiger partial charge in [0.05, 0.1) is 24.1 Å². The molecule has 1 aromatic heterocycles. The van der Waals surface area contributed by atoms with E-state index in [0.29, 0.717) is 37.3 Å². The number of nitrogens with one attached hydrogen (secondary N) is 1. The highest BCUT2D eigenvalue weighted by atomic mass is 32.2. The van der Waals surface area contributed by atoms with Crippen molar-refractivity contribution >= 4 is 22.0 Å². The van der Waals surface area contributed by atoms with Crippen LogP contribution in [0, 0.1) is 0 Å². The molecular weight excluding hydrogens is 384 g/mol. The van der Waals surface area contributed by atoms with Gasteiger partial charge < -0.3 is 14.4 Å². The second-order valence-corrected chi connectivity index (χ2v) is 8.87. The lowest BCUT2D eigenvalue weighted by molar-refractivity contribution is -0.00814. The lowest BCUT2D eigenvalue weighted by Crippen LogP contribution is -2.42. The molecule has 1 aromatic rings. The van der Waals surface area contributed by atoms with Crippen LogP contribution in [0.3, 0.4) is 0 Å². The van der Waals surface area contributed by atoms with Crippen LogP contribution < -0.4 is 4.72 Å². The van der Waals surface area contributed by atoms with Crippen molar-refractivity contribution in [3.05, 3.63) is 24.0 Å². The smallest absolute Gasteiger partial charge is 0.410 e. The van der Waals surface area contributed by atoms with E-state index in [1.165, 1.54) is 14.1 Å². The summed E-state index contributed by atoms with van der Waals surface area (Å²) in [6, 6.07) is 3.32. The molecule has 2 rings (SSSR count). The van der Waals surface area contributed by atoms with E-state index >= 15 is 0 Å². The van der Waals surface area contributed by atoms with E-state index < -0.39 is 10.2 Å². The van der Waals surface area contributed by atoms with E-state index in [4.69, 9.17) is 9.47 Å². The number of hydrogen-bond acceptors (Lipinski definition) is 6. The zero-order valence-electron chi connectivity index (χ0n) is 16.9. The summed E-state index contributed by atoms with van der Waals surface area (Å²) in [6.45, 7) is 5.18. The zero-order chi connectivity index (χ0) is 20.7. The number of pyridine rings is 1. The van der Waals surface area contributed by atoms with Crippen molar-refractivity contribution in [2.75, 3.05) is 31.9 Å². The van der Waals surface area contributed by atoms with E-state index in [1.807, 2.05) is 13.8 Å². The van der Waals surface area contributed by atoms with Gasteiger partial charge in [0.1, 0.15) is 6.10 Å². The monoisotopic (exact) mass is 414 g/mol. The quantitative estimate of drug-likeness (QED) is 0.700. The standard InChI is InChI=1S/C18H30N4O5S/c1-5-14(2)27-18(23)22-11-8-15(9-12-22)26-13-17-16(7-6-10-19-17)20-28(24,25)21(3)4/h6-7,10,14-15,20H,5,8-9,11-13H2,1-4H3. The van der Waals surface area contributed by atoms with Crippen molar-refractivity contribution in [2.24, 2.45) is 0 Å².